The van der Waals surface area contributed by atoms with Crippen LogP contribution in [0, 0.1) is 15.9 Å². The van der Waals surface area contributed by atoms with E-state index in [2.05, 4.69) is 4.74 Å². The Hall–Kier alpha value is -2.02. The average molecular weight is 256 g/mol. The Kier molecular flexibility index (Phi) is 4.73. The summed E-state index contributed by atoms with van der Waals surface area (Å²) in [7, 11) is 1.15. The third-order valence-electron chi connectivity index (χ3n) is 2.55. The zero-order valence-electron chi connectivity index (χ0n) is 9.71. The number of nitro groups is 1. The summed E-state index contributed by atoms with van der Waals surface area (Å²) < 4.78 is 17.2. The highest BCUT2D eigenvalue weighted by Crippen LogP contribution is 2.20. The number of benzene rings is 1. The molecule has 2 N–H and O–H groups in total. The third kappa shape index (κ3) is 3.49. The SMILES string of the molecule is COC(=O)[C@H](N)[C@H](C[N+](=O)[O-])c1ccc(F)cc1. The maximum Gasteiger partial charge on any atom is 0.323 e. The molecule has 98 valence electrons. The van der Waals surface area contributed by atoms with E-state index < -0.39 is 35.2 Å². The average Bonchev–Trinajstić information content (AvgIpc) is 2.35. The molecule has 0 aliphatic heterocycles. The molecular formula is C11H13FN2O4. The molecule has 0 bridgehead atoms. The molecule has 6 nitrogen and oxygen atoms in total. The van der Waals surface area contributed by atoms with Crippen molar-refractivity contribution >= 4 is 5.97 Å². The maximum atomic E-state index is 12.8. The molecule has 0 saturated carbocycles. The maximum absolute atomic E-state index is 12.8. The molecule has 1 aromatic carbocycles. The van der Waals surface area contributed by atoms with Gasteiger partial charge in [0.2, 0.25) is 6.54 Å². The van der Waals surface area contributed by atoms with Crippen LogP contribution in [0.5, 0.6) is 0 Å². The van der Waals surface area contributed by atoms with Crippen LogP contribution < -0.4 is 5.73 Å². The predicted molar refractivity (Wildman–Crippen MR) is 61.0 cm³/mol. The Labute approximate surface area is 103 Å². The first-order valence-electron chi connectivity index (χ1n) is 5.16. The molecule has 2 atom stereocenters. The smallest absolute Gasteiger partial charge is 0.323 e. The molecule has 0 spiro atoms. The fraction of sp³-hybridized carbons (Fsp3) is 0.364. The van der Waals surface area contributed by atoms with E-state index in [1.165, 1.54) is 12.1 Å². The van der Waals surface area contributed by atoms with Gasteiger partial charge in [-0.05, 0) is 17.7 Å². The minimum atomic E-state index is -1.16. The zero-order chi connectivity index (χ0) is 13.7. The van der Waals surface area contributed by atoms with Gasteiger partial charge in [0.25, 0.3) is 0 Å². The minimum Gasteiger partial charge on any atom is -0.468 e. The third-order valence-corrected chi connectivity index (χ3v) is 2.55. The number of methoxy groups -OCH3 is 1. The molecule has 0 saturated heterocycles. The molecular weight excluding hydrogens is 243 g/mol. The van der Waals surface area contributed by atoms with Crippen LogP contribution in [0.1, 0.15) is 11.5 Å². The first-order chi connectivity index (χ1) is 8.45. The van der Waals surface area contributed by atoms with Crippen molar-refractivity contribution in [3.63, 3.8) is 0 Å². The minimum absolute atomic E-state index is 0.422. The predicted octanol–water partition coefficient (Wildman–Crippen LogP) is 0.686. The van der Waals surface area contributed by atoms with Crippen LogP contribution in [0.25, 0.3) is 0 Å². The Morgan fingerprint density at radius 3 is 2.50 bits per heavy atom. The van der Waals surface area contributed by atoms with Crippen molar-refractivity contribution < 1.29 is 18.8 Å². The lowest BCUT2D eigenvalue weighted by molar-refractivity contribution is -0.483. The van der Waals surface area contributed by atoms with Crippen molar-refractivity contribution in [1.29, 1.82) is 0 Å². The number of nitrogens with two attached hydrogens (primary N) is 1. The molecule has 0 heterocycles. The van der Waals surface area contributed by atoms with Crippen LogP contribution in [0.15, 0.2) is 24.3 Å². The zero-order valence-corrected chi connectivity index (χ0v) is 9.71. The number of carbonyl (C=O) groups is 1. The molecule has 0 unspecified atom stereocenters. The summed E-state index contributed by atoms with van der Waals surface area (Å²) in [6.45, 7) is -0.526. The fourth-order valence-corrected chi connectivity index (χ4v) is 1.60. The number of ether oxygens (including phenoxy) is 1. The van der Waals surface area contributed by atoms with Gasteiger partial charge in [-0.1, -0.05) is 12.1 Å². The molecule has 1 rings (SSSR count). The van der Waals surface area contributed by atoms with Crippen molar-refractivity contribution in [2.24, 2.45) is 5.73 Å². The van der Waals surface area contributed by atoms with Crippen LogP contribution in [-0.4, -0.2) is 30.6 Å². The van der Waals surface area contributed by atoms with Crippen LogP contribution in [0.2, 0.25) is 0 Å². The second kappa shape index (κ2) is 6.06. The summed E-state index contributed by atoms with van der Waals surface area (Å²) in [5, 5.41) is 10.6. The van der Waals surface area contributed by atoms with Crippen molar-refractivity contribution in [2.75, 3.05) is 13.7 Å². The van der Waals surface area contributed by atoms with Gasteiger partial charge in [0, 0.05) is 4.92 Å². The van der Waals surface area contributed by atoms with Crippen LogP contribution in [0.3, 0.4) is 0 Å². The largest absolute Gasteiger partial charge is 0.468 e. The van der Waals surface area contributed by atoms with Gasteiger partial charge >= 0.3 is 5.97 Å². The van der Waals surface area contributed by atoms with Crippen LogP contribution in [-0.2, 0) is 9.53 Å². The lowest BCUT2D eigenvalue weighted by Crippen LogP contribution is -2.40. The number of hydrogen-bond acceptors (Lipinski definition) is 5. The number of esters is 1. The number of carbonyl (C=O) groups excluding carboxylic acids is 1. The Morgan fingerprint density at radius 2 is 2.06 bits per heavy atom. The molecule has 18 heavy (non-hydrogen) atoms. The molecule has 0 fully saturated rings. The van der Waals surface area contributed by atoms with Gasteiger partial charge in [0.1, 0.15) is 11.9 Å². The van der Waals surface area contributed by atoms with Gasteiger partial charge in [0.05, 0.1) is 13.0 Å². The van der Waals surface area contributed by atoms with E-state index in [0.717, 1.165) is 19.2 Å². The molecule has 0 aliphatic carbocycles. The molecule has 0 aliphatic rings. The van der Waals surface area contributed by atoms with Gasteiger partial charge in [0.15, 0.2) is 0 Å². The van der Waals surface area contributed by atoms with E-state index in [4.69, 9.17) is 5.73 Å². The quantitative estimate of drug-likeness (QED) is 0.475. The molecule has 7 heteroatoms. The summed E-state index contributed by atoms with van der Waals surface area (Å²) in [6.07, 6.45) is 0. The van der Waals surface area contributed by atoms with Gasteiger partial charge in [-0.25, -0.2) is 4.39 Å². The van der Waals surface area contributed by atoms with Gasteiger partial charge in [-0.2, -0.15) is 0 Å². The number of nitrogens with zero attached hydrogens (tertiary/aromatic N) is 1. The van der Waals surface area contributed by atoms with E-state index >= 15 is 0 Å². The lowest BCUT2D eigenvalue weighted by Gasteiger charge is -2.18. The molecule has 0 amide bonds. The summed E-state index contributed by atoms with van der Waals surface area (Å²) >= 11 is 0. The van der Waals surface area contributed by atoms with Crippen LogP contribution >= 0.6 is 0 Å². The summed E-state index contributed by atoms with van der Waals surface area (Å²) in [5.41, 5.74) is 6.04. The Morgan fingerprint density at radius 1 is 1.50 bits per heavy atom. The highest BCUT2D eigenvalue weighted by atomic mass is 19.1. The number of rotatable bonds is 5. The van der Waals surface area contributed by atoms with Crippen molar-refractivity contribution in [2.45, 2.75) is 12.0 Å². The lowest BCUT2D eigenvalue weighted by atomic mass is 9.92. The summed E-state index contributed by atoms with van der Waals surface area (Å²) in [5.74, 6) is -2.07. The van der Waals surface area contributed by atoms with E-state index in [0.29, 0.717) is 5.56 Å². The highest BCUT2D eigenvalue weighted by Gasteiger charge is 2.31. The first kappa shape index (κ1) is 14.0. The molecule has 0 radical (unpaired) electrons. The second-order valence-electron chi connectivity index (χ2n) is 3.72. The van der Waals surface area contributed by atoms with E-state index in [-0.39, 0.29) is 0 Å². The number of halogens is 1. The Bertz CT molecular complexity index is 435. The highest BCUT2D eigenvalue weighted by molar-refractivity contribution is 5.76. The fourth-order valence-electron chi connectivity index (χ4n) is 1.60. The van der Waals surface area contributed by atoms with E-state index in [1.807, 2.05) is 0 Å². The monoisotopic (exact) mass is 256 g/mol. The first-order valence-corrected chi connectivity index (χ1v) is 5.16. The van der Waals surface area contributed by atoms with Crippen molar-refractivity contribution in [1.82, 2.24) is 0 Å². The molecule has 0 aromatic heterocycles. The van der Waals surface area contributed by atoms with Crippen molar-refractivity contribution in [3.8, 4) is 0 Å². The van der Waals surface area contributed by atoms with E-state index in [1.54, 1.807) is 0 Å². The van der Waals surface area contributed by atoms with Crippen LogP contribution in [0.4, 0.5) is 4.39 Å². The van der Waals surface area contributed by atoms with Gasteiger partial charge in [-0.15, -0.1) is 0 Å². The second-order valence-corrected chi connectivity index (χ2v) is 3.72. The molecule has 1 aromatic rings. The summed E-state index contributed by atoms with van der Waals surface area (Å²) in [4.78, 5) is 21.3. The van der Waals surface area contributed by atoms with Gasteiger partial charge in [-0.3, -0.25) is 14.9 Å². The topological polar surface area (TPSA) is 95.5 Å². The Balaban J connectivity index is 3.00. The van der Waals surface area contributed by atoms with Gasteiger partial charge < -0.3 is 10.5 Å². The van der Waals surface area contributed by atoms with Crippen molar-refractivity contribution in [3.05, 3.63) is 45.8 Å². The van der Waals surface area contributed by atoms with E-state index in [9.17, 15) is 19.3 Å². The standard InChI is InChI=1S/C11H13FN2O4/c1-18-11(15)10(13)9(6-14(16)17)7-2-4-8(12)5-3-7/h2-5,9-10H,6,13H2,1H3/t9-,10-/m1/s1. The number of hydrogen-bond donors (Lipinski definition) is 1. The summed E-state index contributed by atoms with van der Waals surface area (Å²) in [6, 6.07) is 3.89. The normalized spacial score (nSPS) is 13.7.